The average Bonchev–Trinajstić information content (AvgIpc) is 2.34. The molecular formula is C13H10BrNO3. The Hall–Kier alpha value is -1.88. The highest BCUT2D eigenvalue weighted by molar-refractivity contribution is 9.10. The monoisotopic (exact) mass is 307 g/mol. The summed E-state index contributed by atoms with van der Waals surface area (Å²) in [6.45, 7) is 1.93. The Balaban J connectivity index is 2.23. The molecule has 0 aliphatic carbocycles. The SMILES string of the molecule is Cc1ccc(Br)c(NC(=O)c2ccc(=O)oc2)c1. The number of aryl methyl sites for hydroxylation is 1. The van der Waals surface area contributed by atoms with E-state index in [-0.39, 0.29) is 5.91 Å². The zero-order valence-electron chi connectivity index (χ0n) is 9.57. The molecule has 0 saturated heterocycles. The number of hydrogen-bond donors (Lipinski definition) is 1. The fourth-order valence-electron chi connectivity index (χ4n) is 1.42. The van der Waals surface area contributed by atoms with Gasteiger partial charge >= 0.3 is 5.63 Å². The maximum Gasteiger partial charge on any atom is 0.335 e. The molecule has 5 heteroatoms. The molecule has 0 atom stereocenters. The molecule has 0 bridgehead atoms. The molecule has 1 aromatic heterocycles. The van der Waals surface area contributed by atoms with Gasteiger partial charge in [0.1, 0.15) is 6.26 Å². The predicted octanol–water partition coefficient (Wildman–Crippen LogP) is 2.96. The standard InChI is InChI=1S/C13H10BrNO3/c1-8-2-4-10(14)11(6-8)15-13(17)9-3-5-12(16)18-7-9/h2-7H,1H3,(H,15,17). The van der Waals surface area contributed by atoms with Gasteiger partial charge in [-0.15, -0.1) is 0 Å². The number of halogens is 1. The van der Waals surface area contributed by atoms with Gasteiger partial charge in [-0.2, -0.15) is 0 Å². The largest absolute Gasteiger partial charge is 0.430 e. The van der Waals surface area contributed by atoms with Gasteiger partial charge in [-0.3, -0.25) is 4.79 Å². The lowest BCUT2D eigenvalue weighted by molar-refractivity contribution is 0.102. The Labute approximate surface area is 112 Å². The van der Waals surface area contributed by atoms with Gasteiger partial charge in [-0.05, 0) is 46.6 Å². The van der Waals surface area contributed by atoms with Gasteiger partial charge in [0.2, 0.25) is 0 Å². The van der Waals surface area contributed by atoms with Gasteiger partial charge in [-0.25, -0.2) is 4.79 Å². The molecule has 92 valence electrons. The lowest BCUT2D eigenvalue weighted by Gasteiger charge is -2.07. The van der Waals surface area contributed by atoms with E-state index in [9.17, 15) is 9.59 Å². The van der Waals surface area contributed by atoms with E-state index in [1.807, 2.05) is 25.1 Å². The van der Waals surface area contributed by atoms with E-state index in [2.05, 4.69) is 25.7 Å². The lowest BCUT2D eigenvalue weighted by Crippen LogP contribution is -2.13. The zero-order chi connectivity index (χ0) is 13.1. The Bertz CT molecular complexity index is 628. The lowest BCUT2D eigenvalue weighted by atomic mass is 10.2. The third-order valence-corrected chi connectivity index (χ3v) is 3.02. The first-order chi connectivity index (χ1) is 8.56. The van der Waals surface area contributed by atoms with Gasteiger partial charge in [0.25, 0.3) is 5.91 Å². The van der Waals surface area contributed by atoms with Crippen molar-refractivity contribution >= 4 is 27.5 Å². The highest BCUT2D eigenvalue weighted by Gasteiger charge is 2.09. The molecule has 1 heterocycles. The number of anilines is 1. The van der Waals surface area contributed by atoms with E-state index in [1.54, 1.807) is 0 Å². The minimum Gasteiger partial charge on any atom is -0.430 e. The normalized spacial score (nSPS) is 10.1. The summed E-state index contributed by atoms with van der Waals surface area (Å²) in [6, 6.07) is 8.27. The molecule has 18 heavy (non-hydrogen) atoms. The molecule has 0 aliphatic rings. The first-order valence-corrected chi connectivity index (χ1v) is 6.02. The maximum atomic E-state index is 11.9. The highest BCUT2D eigenvalue weighted by atomic mass is 79.9. The molecule has 0 fully saturated rings. The molecule has 0 spiro atoms. The van der Waals surface area contributed by atoms with Crippen LogP contribution in [0, 0.1) is 6.92 Å². The second-order valence-electron chi connectivity index (χ2n) is 3.78. The van der Waals surface area contributed by atoms with Crippen molar-refractivity contribution in [2.45, 2.75) is 6.92 Å². The highest BCUT2D eigenvalue weighted by Crippen LogP contribution is 2.23. The number of carbonyl (C=O) groups excluding carboxylic acids is 1. The molecule has 1 aromatic carbocycles. The second kappa shape index (κ2) is 5.18. The summed E-state index contributed by atoms with van der Waals surface area (Å²) in [4.78, 5) is 22.7. The molecule has 0 aliphatic heterocycles. The van der Waals surface area contributed by atoms with Crippen molar-refractivity contribution in [1.29, 1.82) is 0 Å². The minimum absolute atomic E-state index is 0.294. The van der Waals surface area contributed by atoms with Gasteiger partial charge < -0.3 is 9.73 Å². The van der Waals surface area contributed by atoms with Crippen molar-refractivity contribution in [2.24, 2.45) is 0 Å². The van der Waals surface area contributed by atoms with Crippen LogP contribution >= 0.6 is 15.9 Å². The molecular weight excluding hydrogens is 298 g/mol. The zero-order valence-corrected chi connectivity index (χ0v) is 11.2. The van der Waals surface area contributed by atoms with E-state index in [0.717, 1.165) is 16.3 Å². The molecule has 2 aromatic rings. The molecule has 0 saturated carbocycles. The van der Waals surface area contributed by atoms with Crippen LogP contribution in [0.1, 0.15) is 15.9 Å². The van der Waals surface area contributed by atoms with Crippen molar-refractivity contribution in [2.75, 3.05) is 5.32 Å². The van der Waals surface area contributed by atoms with Crippen LogP contribution < -0.4 is 10.9 Å². The fraction of sp³-hybridized carbons (Fsp3) is 0.0769. The first kappa shape index (κ1) is 12.6. The Morgan fingerprint density at radius 1 is 1.28 bits per heavy atom. The Kier molecular flexibility index (Phi) is 3.62. The fourth-order valence-corrected chi connectivity index (χ4v) is 1.76. The summed E-state index contributed by atoms with van der Waals surface area (Å²) in [5.74, 6) is -0.329. The summed E-state index contributed by atoms with van der Waals surface area (Å²) >= 11 is 3.35. The maximum absolute atomic E-state index is 11.9. The van der Waals surface area contributed by atoms with Crippen LogP contribution in [0.2, 0.25) is 0 Å². The van der Waals surface area contributed by atoms with E-state index >= 15 is 0 Å². The summed E-state index contributed by atoms with van der Waals surface area (Å²) in [5, 5.41) is 2.74. The summed E-state index contributed by atoms with van der Waals surface area (Å²) in [6.07, 6.45) is 1.14. The number of rotatable bonds is 2. The van der Waals surface area contributed by atoms with Crippen LogP contribution in [0.25, 0.3) is 0 Å². The third kappa shape index (κ3) is 2.87. The number of amides is 1. The Morgan fingerprint density at radius 3 is 2.72 bits per heavy atom. The summed E-state index contributed by atoms with van der Waals surface area (Å²) < 4.78 is 5.43. The predicted molar refractivity (Wildman–Crippen MR) is 71.8 cm³/mol. The molecule has 2 rings (SSSR count). The van der Waals surface area contributed by atoms with Crippen LogP contribution in [-0.2, 0) is 0 Å². The van der Waals surface area contributed by atoms with Gasteiger partial charge in [0.05, 0.1) is 11.3 Å². The van der Waals surface area contributed by atoms with Crippen LogP contribution in [0.15, 0.2) is 50.3 Å². The number of carbonyl (C=O) groups is 1. The van der Waals surface area contributed by atoms with E-state index in [4.69, 9.17) is 0 Å². The third-order valence-electron chi connectivity index (χ3n) is 2.33. The summed E-state index contributed by atoms with van der Waals surface area (Å²) in [7, 11) is 0. The van der Waals surface area contributed by atoms with Gasteiger partial charge in [-0.1, -0.05) is 6.07 Å². The van der Waals surface area contributed by atoms with Crippen LogP contribution in [0.5, 0.6) is 0 Å². The molecule has 4 nitrogen and oxygen atoms in total. The van der Waals surface area contributed by atoms with Crippen LogP contribution in [0.4, 0.5) is 5.69 Å². The van der Waals surface area contributed by atoms with Crippen LogP contribution in [-0.4, -0.2) is 5.91 Å². The first-order valence-electron chi connectivity index (χ1n) is 5.22. The van der Waals surface area contributed by atoms with Crippen LogP contribution in [0.3, 0.4) is 0 Å². The van der Waals surface area contributed by atoms with Crippen molar-refractivity contribution in [3.8, 4) is 0 Å². The van der Waals surface area contributed by atoms with Crippen molar-refractivity contribution in [1.82, 2.24) is 0 Å². The van der Waals surface area contributed by atoms with E-state index in [0.29, 0.717) is 11.3 Å². The second-order valence-corrected chi connectivity index (χ2v) is 4.64. The summed E-state index contributed by atoms with van der Waals surface area (Å²) in [5.41, 5.74) is 1.52. The minimum atomic E-state index is -0.483. The van der Waals surface area contributed by atoms with Gasteiger partial charge in [0, 0.05) is 10.5 Å². The number of hydrogen-bond acceptors (Lipinski definition) is 3. The number of benzene rings is 1. The quantitative estimate of drug-likeness (QED) is 0.928. The average molecular weight is 308 g/mol. The van der Waals surface area contributed by atoms with E-state index < -0.39 is 5.63 Å². The van der Waals surface area contributed by atoms with Gasteiger partial charge in [0.15, 0.2) is 0 Å². The smallest absolute Gasteiger partial charge is 0.335 e. The van der Waals surface area contributed by atoms with Crippen molar-refractivity contribution < 1.29 is 9.21 Å². The van der Waals surface area contributed by atoms with Crippen molar-refractivity contribution in [3.05, 3.63) is 62.6 Å². The topological polar surface area (TPSA) is 59.3 Å². The van der Waals surface area contributed by atoms with Crippen molar-refractivity contribution in [3.63, 3.8) is 0 Å². The molecule has 1 N–H and O–H groups in total. The van der Waals surface area contributed by atoms with E-state index in [1.165, 1.54) is 12.1 Å². The molecule has 1 amide bonds. The molecule has 0 unspecified atom stereocenters. The molecule has 0 radical (unpaired) electrons. The Morgan fingerprint density at radius 2 is 2.06 bits per heavy atom. The number of nitrogens with one attached hydrogen (secondary N) is 1.